The number of carbonyl (C=O) groups excluding carboxylic acids is 1. The molecule has 0 radical (unpaired) electrons. The minimum atomic E-state index is -0.713. The number of rotatable bonds is 3. The van der Waals surface area contributed by atoms with Gasteiger partial charge in [0.05, 0.1) is 12.3 Å². The average Bonchev–Trinajstić information content (AvgIpc) is 2.96. The number of aromatic amines is 1. The zero-order valence-electron chi connectivity index (χ0n) is 9.63. The molecule has 2 N–H and O–H groups in total. The summed E-state index contributed by atoms with van der Waals surface area (Å²) >= 11 is 0. The monoisotopic (exact) mass is 261 g/mol. The third kappa shape index (κ3) is 2.27. The zero-order valence-corrected chi connectivity index (χ0v) is 9.63. The van der Waals surface area contributed by atoms with Crippen molar-refractivity contribution in [1.29, 1.82) is 5.26 Å². The Morgan fingerprint density at radius 3 is 3.00 bits per heavy atom. The van der Waals surface area contributed by atoms with E-state index >= 15 is 0 Å². The maximum atomic E-state index is 11.7. The van der Waals surface area contributed by atoms with Gasteiger partial charge in [0, 0.05) is 5.56 Å². The van der Waals surface area contributed by atoms with Gasteiger partial charge in [-0.25, -0.2) is 0 Å². The van der Waals surface area contributed by atoms with Gasteiger partial charge in [0.2, 0.25) is 5.88 Å². The van der Waals surface area contributed by atoms with E-state index in [2.05, 4.69) is 15.5 Å². The topological polar surface area (TPSA) is 138 Å². The van der Waals surface area contributed by atoms with Crippen LogP contribution in [0.15, 0.2) is 16.7 Å². The molecule has 9 nitrogen and oxygen atoms in total. The van der Waals surface area contributed by atoms with E-state index in [9.17, 15) is 14.9 Å². The number of hydrogen-bond donors (Lipinski definition) is 2. The predicted molar refractivity (Wildman–Crippen MR) is 61.4 cm³/mol. The number of amides is 1. The zero-order chi connectivity index (χ0) is 14.0. The second kappa shape index (κ2) is 4.61. The molecular weight excluding hydrogens is 254 g/mol. The maximum absolute atomic E-state index is 11.7. The Morgan fingerprint density at radius 2 is 2.42 bits per heavy atom. The molecule has 0 aliphatic heterocycles. The van der Waals surface area contributed by atoms with Crippen LogP contribution in [0.25, 0.3) is 0 Å². The standard InChI is InChI=1S/C10H7N5O4/c1-5-4-19-10(6(5)3-11)12-9(16)7-2-8(14-13-7)15(17)18/h2,4H,1H3,(H,12,16)(H,13,14). The summed E-state index contributed by atoms with van der Waals surface area (Å²) in [6.45, 7) is 1.65. The molecule has 2 aromatic rings. The number of H-pyrrole nitrogens is 1. The third-order valence-corrected chi connectivity index (χ3v) is 2.31. The molecule has 2 rings (SSSR count). The van der Waals surface area contributed by atoms with Crippen molar-refractivity contribution < 1.29 is 14.1 Å². The molecule has 0 saturated carbocycles. The first-order valence-electron chi connectivity index (χ1n) is 5.02. The smallest absolute Gasteiger partial charge is 0.343 e. The Morgan fingerprint density at radius 1 is 1.68 bits per heavy atom. The lowest BCUT2D eigenvalue weighted by molar-refractivity contribution is -0.389. The molecule has 0 unspecified atom stereocenters. The Labute approximate surface area is 106 Å². The molecule has 0 aromatic carbocycles. The van der Waals surface area contributed by atoms with E-state index in [1.807, 2.05) is 6.07 Å². The van der Waals surface area contributed by atoms with Gasteiger partial charge in [-0.2, -0.15) is 5.26 Å². The Bertz CT molecular complexity index is 693. The highest BCUT2D eigenvalue weighted by molar-refractivity contribution is 6.03. The highest BCUT2D eigenvalue weighted by Crippen LogP contribution is 2.21. The van der Waals surface area contributed by atoms with Gasteiger partial charge in [-0.05, 0) is 11.8 Å². The molecule has 1 amide bonds. The molecule has 0 aliphatic rings. The molecule has 2 heterocycles. The second-order valence-electron chi connectivity index (χ2n) is 3.58. The fourth-order valence-corrected chi connectivity index (χ4v) is 1.36. The SMILES string of the molecule is Cc1coc(NC(=O)c2cc([N+](=O)[O-])[nH]n2)c1C#N. The third-order valence-electron chi connectivity index (χ3n) is 2.31. The molecule has 0 atom stereocenters. The highest BCUT2D eigenvalue weighted by atomic mass is 16.6. The van der Waals surface area contributed by atoms with Gasteiger partial charge in [0.15, 0.2) is 5.69 Å². The van der Waals surface area contributed by atoms with Crippen molar-refractivity contribution in [3.63, 3.8) is 0 Å². The molecule has 0 spiro atoms. The van der Waals surface area contributed by atoms with Gasteiger partial charge in [-0.3, -0.25) is 10.1 Å². The number of carbonyl (C=O) groups is 1. The predicted octanol–water partition coefficient (Wildman–Crippen LogP) is 1.34. The molecule has 0 saturated heterocycles. The number of hydrogen-bond acceptors (Lipinski definition) is 6. The fraction of sp³-hybridized carbons (Fsp3) is 0.100. The number of nitro groups is 1. The van der Waals surface area contributed by atoms with Crippen molar-refractivity contribution in [3.8, 4) is 6.07 Å². The van der Waals surface area contributed by atoms with Crippen molar-refractivity contribution in [2.45, 2.75) is 6.92 Å². The summed E-state index contributed by atoms with van der Waals surface area (Å²) in [5.74, 6) is -1.13. The molecule has 96 valence electrons. The van der Waals surface area contributed by atoms with E-state index in [4.69, 9.17) is 9.68 Å². The normalized spacial score (nSPS) is 9.89. The molecule has 9 heteroatoms. The minimum absolute atomic E-state index is 0.0179. The summed E-state index contributed by atoms with van der Waals surface area (Å²) in [7, 11) is 0. The van der Waals surface area contributed by atoms with Crippen LogP contribution in [0, 0.1) is 28.4 Å². The van der Waals surface area contributed by atoms with E-state index in [0.29, 0.717) is 5.56 Å². The number of nitrogens with one attached hydrogen (secondary N) is 2. The summed E-state index contributed by atoms with van der Waals surface area (Å²) in [5, 5.41) is 27.2. The van der Waals surface area contributed by atoms with Crippen LogP contribution in [0.2, 0.25) is 0 Å². The molecule has 19 heavy (non-hydrogen) atoms. The number of furan rings is 1. The van der Waals surface area contributed by atoms with Gasteiger partial charge < -0.3 is 14.5 Å². The lowest BCUT2D eigenvalue weighted by Crippen LogP contribution is -2.12. The average molecular weight is 261 g/mol. The summed E-state index contributed by atoms with van der Waals surface area (Å²) in [6, 6.07) is 2.86. The molecule has 0 fully saturated rings. The first kappa shape index (κ1) is 12.3. The van der Waals surface area contributed by atoms with Crippen molar-refractivity contribution in [1.82, 2.24) is 10.2 Å². The summed E-state index contributed by atoms with van der Waals surface area (Å²) in [6.07, 6.45) is 1.32. The van der Waals surface area contributed by atoms with Gasteiger partial charge >= 0.3 is 5.82 Å². The van der Waals surface area contributed by atoms with Crippen LogP contribution < -0.4 is 5.32 Å². The largest absolute Gasteiger partial charge is 0.447 e. The van der Waals surface area contributed by atoms with E-state index in [1.165, 1.54) is 6.26 Å². The van der Waals surface area contributed by atoms with E-state index < -0.39 is 16.6 Å². The summed E-state index contributed by atoms with van der Waals surface area (Å²) in [5.41, 5.74) is 0.592. The number of aromatic nitrogens is 2. The Balaban J connectivity index is 2.21. The lowest BCUT2D eigenvalue weighted by atomic mass is 10.2. The highest BCUT2D eigenvalue weighted by Gasteiger charge is 2.19. The van der Waals surface area contributed by atoms with E-state index in [1.54, 1.807) is 6.92 Å². The van der Waals surface area contributed by atoms with Crippen molar-refractivity contribution in [2.24, 2.45) is 0 Å². The van der Waals surface area contributed by atoms with Gasteiger partial charge in [-0.1, -0.05) is 5.10 Å². The number of nitriles is 1. The van der Waals surface area contributed by atoms with Crippen LogP contribution in [0.1, 0.15) is 21.6 Å². The van der Waals surface area contributed by atoms with Crippen molar-refractivity contribution in [3.05, 3.63) is 39.3 Å². The first-order valence-corrected chi connectivity index (χ1v) is 5.02. The van der Waals surface area contributed by atoms with Crippen LogP contribution in [-0.4, -0.2) is 21.0 Å². The van der Waals surface area contributed by atoms with Gasteiger partial charge in [0.1, 0.15) is 11.6 Å². The van der Waals surface area contributed by atoms with Crippen LogP contribution >= 0.6 is 0 Å². The van der Waals surface area contributed by atoms with Crippen LogP contribution in [-0.2, 0) is 0 Å². The molecule has 0 bridgehead atoms. The summed E-state index contributed by atoms with van der Waals surface area (Å²) < 4.78 is 5.01. The van der Waals surface area contributed by atoms with Crippen LogP contribution in [0.3, 0.4) is 0 Å². The molecular formula is C10H7N5O4. The minimum Gasteiger partial charge on any atom is -0.447 e. The Kier molecular flexibility index (Phi) is 2.99. The molecule has 2 aromatic heterocycles. The van der Waals surface area contributed by atoms with Crippen molar-refractivity contribution in [2.75, 3.05) is 5.32 Å². The molecule has 0 aliphatic carbocycles. The number of aryl methyl sites for hydroxylation is 1. The lowest BCUT2D eigenvalue weighted by Gasteiger charge is -1.97. The van der Waals surface area contributed by atoms with E-state index in [-0.39, 0.29) is 17.1 Å². The van der Waals surface area contributed by atoms with Crippen LogP contribution in [0.4, 0.5) is 11.7 Å². The quantitative estimate of drug-likeness (QED) is 0.631. The van der Waals surface area contributed by atoms with Crippen molar-refractivity contribution >= 4 is 17.6 Å². The second-order valence-corrected chi connectivity index (χ2v) is 3.58. The Hall–Kier alpha value is -3.15. The number of anilines is 1. The number of nitrogens with zero attached hydrogens (tertiary/aromatic N) is 3. The first-order chi connectivity index (χ1) is 9.02. The van der Waals surface area contributed by atoms with Gasteiger partial charge in [-0.15, -0.1) is 5.10 Å². The van der Waals surface area contributed by atoms with Gasteiger partial charge in [0.25, 0.3) is 5.91 Å². The maximum Gasteiger partial charge on any atom is 0.343 e. The summed E-state index contributed by atoms with van der Waals surface area (Å²) in [4.78, 5) is 21.5. The van der Waals surface area contributed by atoms with E-state index in [0.717, 1.165) is 6.07 Å². The fourth-order valence-electron chi connectivity index (χ4n) is 1.36. The van der Waals surface area contributed by atoms with Crippen LogP contribution in [0.5, 0.6) is 0 Å².